The number of nitrogens with zero attached hydrogens (tertiary/aromatic N) is 2. The quantitative estimate of drug-likeness (QED) is 0.612. The highest BCUT2D eigenvalue weighted by atomic mass is 16.6. The Morgan fingerprint density at radius 2 is 2.08 bits per heavy atom. The molecule has 194 valence electrons. The van der Waals surface area contributed by atoms with E-state index < -0.39 is 0 Å². The molecule has 0 spiro atoms. The molecule has 3 unspecified atom stereocenters. The fraction of sp³-hybridized carbons (Fsp3) is 0.630. The monoisotopic (exact) mass is 496 g/mol. The lowest BCUT2D eigenvalue weighted by Gasteiger charge is -2.32. The van der Waals surface area contributed by atoms with Gasteiger partial charge in [0.2, 0.25) is 5.91 Å². The fourth-order valence-corrected chi connectivity index (χ4v) is 5.72. The second kappa shape index (κ2) is 11.4. The van der Waals surface area contributed by atoms with Gasteiger partial charge in [0.15, 0.2) is 0 Å². The molecule has 5 rings (SSSR count). The topological polar surface area (TPSA) is 109 Å². The number of ketones is 1. The number of piperidine rings is 1. The number of amides is 2. The first-order valence-electron chi connectivity index (χ1n) is 13.3. The van der Waals surface area contributed by atoms with Crippen molar-refractivity contribution in [3.8, 4) is 0 Å². The normalized spacial score (nSPS) is 26.3. The summed E-state index contributed by atoms with van der Waals surface area (Å²) in [6, 6.07) is 5.68. The number of hydrogen-bond acceptors (Lipinski definition) is 7. The van der Waals surface area contributed by atoms with Crippen molar-refractivity contribution in [1.29, 1.82) is 0 Å². The lowest BCUT2D eigenvalue weighted by molar-refractivity contribution is -0.123. The second-order valence-corrected chi connectivity index (χ2v) is 10.4. The average Bonchev–Trinajstić information content (AvgIpc) is 3.47. The van der Waals surface area contributed by atoms with E-state index in [0.29, 0.717) is 44.1 Å². The zero-order valence-electron chi connectivity index (χ0n) is 20.7. The number of aliphatic imine (C=N–C) groups is 1. The summed E-state index contributed by atoms with van der Waals surface area (Å²) in [6.45, 7) is 3.21. The molecule has 0 radical (unpaired) electrons. The van der Waals surface area contributed by atoms with Gasteiger partial charge in [-0.2, -0.15) is 0 Å². The Morgan fingerprint density at radius 1 is 1.22 bits per heavy atom. The highest BCUT2D eigenvalue weighted by Gasteiger charge is 2.38. The summed E-state index contributed by atoms with van der Waals surface area (Å²) in [5.74, 6) is 0.0998. The summed E-state index contributed by atoms with van der Waals surface area (Å²) >= 11 is 0. The Labute approximate surface area is 212 Å². The van der Waals surface area contributed by atoms with Gasteiger partial charge in [-0.25, -0.2) is 4.79 Å². The summed E-state index contributed by atoms with van der Waals surface area (Å²) in [5, 5.41) is 6.31. The van der Waals surface area contributed by atoms with Crippen LogP contribution >= 0.6 is 0 Å². The Balaban J connectivity index is 1.06. The molecule has 0 aromatic heterocycles. The van der Waals surface area contributed by atoms with E-state index in [1.54, 1.807) is 4.90 Å². The van der Waals surface area contributed by atoms with Crippen molar-refractivity contribution < 1.29 is 23.9 Å². The summed E-state index contributed by atoms with van der Waals surface area (Å²) in [7, 11) is 0. The first-order valence-corrected chi connectivity index (χ1v) is 13.3. The van der Waals surface area contributed by atoms with E-state index in [1.165, 1.54) is 0 Å². The van der Waals surface area contributed by atoms with Gasteiger partial charge in [0.05, 0.1) is 17.5 Å². The van der Waals surface area contributed by atoms with E-state index in [9.17, 15) is 14.4 Å². The molecular weight excluding hydrogens is 460 g/mol. The number of carbonyl (C=O) groups is 3. The molecule has 1 aromatic carbocycles. The van der Waals surface area contributed by atoms with Crippen LogP contribution in [0.1, 0.15) is 51.4 Å². The van der Waals surface area contributed by atoms with Crippen molar-refractivity contribution in [2.45, 2.75) is 57.5 Å². The van der Waals surface area contributed by atoms with E-state index in [1.807, 2.05) is 24.4 Å². The number of anilines is 2. The van der Waals surface area contributed by atoms with Crippen molar-refractivity contribution in [1.82, 2.24) is 4.90 Å². The van der Waals surface area contributed by atoms with Gasteiger partial charge in [-0.1, -0.05) is 0 Å². The number of benzene rings is 1. The Bertz CT molecular complexity index is 998. The highest BCUT2D eigenvalue weighted by molar-refractivity contribution is 5.98. The molecule has 9 heteroatoms. The zero-order valence-corrected chi connectivity index (χ0v) is 20.7. The van der Waals surface area contributed by atoms with Gasteiger partial charge in [-0.3, -0.25) is 14.6 Å². The number of nitrogens with one attached hydrogen (secondary N) is 2. The van der Waals surface area contributed by atoms with E-state index >= 15 is 0 Å². The van der Waals surface area contributed by atoms with Crippen molar-refractivity contribution in [3.63, 3.8) is 0 Å². The number of fused-ring (bicyclic) bond motifs is 1. The molecule has 2 N–H and O–H groups in total. The predicted octanol–water partition coefficient (Wildman–Crippen LogP) is 4.16. The third kappa shape index (κ3) is 6.06. The molecule has 2 saturated heterocycles. The van der Waals surface area contributed by atoms with Crippen LogP contribution in [0.25, 0.3) is 0 Å². The van der Waals surface area contributed by atoms with Crippen molar-refractivity contribution in [2.24, 2.45) is 22.7 Å². The highest BCUT2D eigenvalue weighted by Crippen LogP contribution is 2.36. The number of hydrogen-bond donors (Lipinski definition) is 2. The summed E-state index contributed by atoms with van der Waals surface area (Å²) in [5.41, 5.74) is 2.47. The van der Waals surface area contributed by atoms with Crippen LogP contribution in [0.2, 0.25) is 0 Å². The minimum atomic E-state index is -0.296. The third-order valence-electron chi connectivity index (χ3n) is 7.83. The maximum absolute atomic E-state index is 12.9. The van der Waals surface area contributed by atoms with Crippen LogP contribution in [-0.2, 0) is 19.1 Å². The maximum Gasteiger partial charge on any atom is 0.409 e. The fourth-order valence-electron chi connectivity index (χ4n) is 5.72. The number of Topliss-reactive ketones (excluding diaryl/α,β-unsaturated/α-hetero) is 1. The number of carbonyl (C=O) groups excluding carboxylic acids is 3. The van der Waals surface area contributed by atoms with Crippen molar-refractivity contribution in [2.75, 3.05) is 43.5 Å². The first kappa shape index (κ1) is 24.7. The smallest absolute Gasteiger partial charge is 0.409 e. The van der Waals surface area contributed by atoms with E-state index in [2.05, 4.69) is 15.6 Å². The summed E-state index contributed by atoms with van der Waals surface area (Å²) < 4.78 is 10.9. The van der Waals surface area contributed by atoms with Crippen LogP contribution in [0.5, 0.6) is 0 Å². The molecule has 0 bridgehead atoms. The molecule has 4 aliphatic rings. The molecule has 9 nitrogen and oxygen atoms in total. The average molecular weight is 497 g/mol. The van der Waals surface area contributed by atoms with Crippen molar-refractivity contribution in [3.05, 3.63) is 18.2 Å². The molecule has 1 aliphatic carbocycles. The molecule has 1 aromatic rings. The number of likely N-dealkylation sites (tertiary alicyclic amines) is 1. The Hall–Kier alpha value is -2.94. The second-order valence-electron chi connectivity index (χ2n) is 10.4. The van der Waals surface area contributed by atoms with Gasteiger partial charge >= 0.3 is 6.09 Å². The Morgan fingerprint density at radius 3 is 2.89 bits per heavy atom. The minimum absolute atomic E-state index is 0.0346. The first-order chi connectivity index (χ1) is 17.5. The van der Waals surface area contributed by atoms with Crippen LogP contribution < -0.4 is 10.6 Å². The summed E-state index contributed by atoms with van der Waals surface area (Å²) in [4.78, 5) is 44.2. The van der Waals surface area contributed by atoms with Crippen molar-refractivity contribution >= 4 is 41.1 Å². The standard InChI is InChI=1S/C27H36N4O5/c32-25-15-20(26(33)30-21-4-5-23-24(16-21)29-9-2-8-28-23)14-19(25)13-18-6-10-31(11-7-18)27(34)36-17-22-3-1-12-35-22/h4-5,9,16,18-20,22,28H,1-3,6-8,10-15,17H2,(H,30,33). The molecule has 36 heavy (non-hydrogen) atoms. The lowest BCUT2D eigenvalue weighted by atomic mass is 9.86. The molecule has 3 heterocycles. The van der Waals surface area contributed by atoms with Gasteiger partial charge in [0.1, 0.15) is 12.4 Å². The summed E-state index contributed by atoms with van der Waals surface area (Å²) in [6.07, 6.45) is 7.89. The molecule has 1 saturated carbocycles. The van der Waals surface area contributed by atoms with Gasteiger partial charge in [-0.05, 0) is 62.6 Å². The molecular formula is C27H36N4O5. The van der Waals surface area contributed by atoms with Crippen LogP contribution in [0, 0.1) is 17.8 Å². The number of ether oxygens (including phenoxy) is 2. The SMILES string of the molecule is O=C1CC(C(=O)Nc2ccc3c(c2)N=CCCN3)CC1CC1CCN(C(=O)OCC2CCCO2)CC1. The van der Waals surface area contributed by atoms with E-state index in [-0.39, 0.29) is 35.7 Å². The molecule has 2 amide bonds. The zero-order chi connectivity index (χ0) is 24.9. The van der Waals surface area contributed by atoms with Crippen LogP contribution in [0.4, 0.5) is 21.9 Å². The van der Waals surface area contributed by atoms with E-state index in [4.69, 9.17) is 9.47 Å². The maximum atomic E-state index is 12.9. The third-order valence-corrected chi connectivity index (χ3v) is 7.83. The predicted molar refractivity (Wildman–Crippen MR) is 137 cm³/mol. The van der Waals surface area contributed by atoms with Gasteiger partial charge in [0, 0.05) is 62.8 Å². The van der Waals surface area contributed by atoms with Crippen LogP contribution in [-0.4, -0.2) is 67.9 Å². The van der Waals surface area contributed by atoms with Gasteiger partial charge < -0.3 is 25.0 Å². The molecule has 3 fully saturated rings. The van der Waals surface area contributed by atoms with Crippen LogP contribution in [0.15, 0.2) is 23.2 Å². The lowest BCUT2D eigenvalue weighted by Crippen LogP contribution is -2.40. The van der Waals surface area contributed by atoms with E-state index in [0.717, 1.165) is 63.1 Å². The Kier molecular flexibility index (Phi) is 7.84. The number of rotatable bonds is 6. The molecule has 3 aliphatic heterocycles. The molecule has 3 atom stereocenters. The van der Waals surface area contributed by atoms with Gasteiger partial charge in [-0.15, -0.1) is 0 Å². The minimum Gasteiger partial charge on any atom is -0.447 e. The van der Waals surface area contributed by atoms with Crippen LogP contribution in [0.3, 0.4) is 0 Å². The van der Waals surface area contributed by atoms with Gasteiger partial charge in [0.25, 0.3) is 0 Å². The largest absolute Gasteiger partial charge is 0.447 e.